The molecular weight excluding hydrogens is 256 g/mol. The first-order chi connectivity index (χ1) is 9.61. The Morgan fingerprint density at radius 2 is 2.30 bits per heavy atom. The highest BCUT2D eigenvalue weighted by molar-refractivity contribution is 5.98. The molecule has 0 atom stereocenters. The van der Waals surface area contributed by atoms with Crippen molar-refractivity contribution in [1.29, 1.82) is 0 Å². The number of anilines is 3. The number of rotatable bonds is 2. The molecule has 2 aliphatic rings. The highest BCUT2D eigenvalue weighted by Crippen LogP contribution is 2.39. The van der Waals surface area contributed by atoms with E-state index in [4.69, 9.17) is 11.6 Å². The number of carbonyl (C=O) groups excluding carboxylic acids is 1. The van der Waals surface area contributed by atoms with Crippen LogP contribution in [0.2, 0.25) is 0 Å². The molecule has 0 radical (unpaired) electrons. The molecule has 0 spiro atoms. The van der Waals surface area contributed by atoms with E-state index in [-0.39, 0.29) is 11.8 Å². The van der Waals surface area contributed by atoms with Crippen LogP contribution >= 0.6 is 0 Å². The van der Waals surface area contributed by atoms with E-state index in [1.807, 2.05) is 11.9 Å². The predicted octanol–water partition coefficient (Wildman–Crippen LogP) is 0.360. The van der Waals surface area contributed by atoms with Crippen molar-refractivity contribution in [3.8, 4) is 0 Å². The van der Waals surface area contributed by atoms with E-state index in [0.717, 1.165) is 29.9 Å². The maximum absolute atomic E-state index is 11.9. The fraction of sp³-hybridized carbons (Fsp3) is 0.385. The van der Waals surface area contributed by atoms with Crippen molar-refractivity contribution in [2.75, 3.05) is 28.8 Å². The Kier molecular flexibility index (Phi) is 2.98. The number of carbonyl (C=O) groups is 1. The van der Waals surface area contributed by atoms with Crippen molar-refractivity contribution >= 4 is 23.1 Å². The van der Waals surface area contributed by atoms with Crippen LogP contribution in [0.5, 0.6) is 0 Å². The highest BCUT2D eigenvalue weighted by atomic mass is 16.2. The first-order valence-corrected chi connectivity index (χ1v) is 6.58. The quantitative estimate of drug-likeness (QED) is 0.673. The third-order valence-corrected chi connectivity index (χ3v) is 3.63. The lowest BCUT2D eigenvalue weighted by atomic mass is 10.2. The van der Waals surface area contributed by atoms with Gasteiger partial charge in [-0.05, 0) is 18.9 Å². The molecule has 2 heterocycles. The second-order valence-electron chi connectivity index (χ2n) is 5.17. The second kappa shape index (κ2) is 4.68. The van der Waals surface area contributed by atoms with Crippen molar-refractivity contribution in [3.05, 3.63) is 24.2 Å². The van der Waals surface area contributed by atoms with Crippen LogP contribution in [0.25, 0.3) is 0 Å². The summed E-state index contributed by atoms with van der Waals surface area (Å²) in [7, 11) is 1.92. The fourth-order valence-electron chi connectivity index (χ4n) is 2.36. The summed E-state index contributed by atoms with van der Waals surface area (Å²) in [6.45, 7) is 0.567. The molecule has 20 heavy (non-hydrogen) atoms. The van der Waals surface area contributed by atoms with Gasteiger partial charge in [0.25, 0.3) is 0 Å². The molecule has 0 aromatic carbocycles. The van der Waals surface area contributed by atoms with Crippen LogP contribution < -0.4 is 26.8 Å². The van der Waals surface area contributed by atoms with Crippen molar-refractivity contribution in [2.45, 2.75) is 12.8 Å². The molecule has 0 unspecified atom stereocenters. The molecule has 7 nitrogen and oxygen atoms in total. The molecule has 3 rings (SSSR count). The van der Waals surface area contributed by atoms with Gasteiger partial charge in [0.15, 0.2) is 5.82 Å². The molecule has 1 fully saturated rings. The number of aromatic nitrogens is 1. The van der Waals surface area contributed by atoms with Crippen LogP contribution in [0, 0.1) is 5.92 Å². The Labute approximate surface area is 117 Å². The molecule has 0 saturated heterocycles. The first-order valence-electron chi connectivity index (χ1n) is 6.58. The zero-order valence-electron chi connectivity index (χ0n) is 11.3. The van der Waals surface area contributed by atoms with Gasteiger partial charge in [-0.15, -0.1) is 0 Å². The monoisotopic (exact) mass is 274 g/mol. The number of nitrogens with one attached hydrogen (secondary N) is 1. The Bertz CT molecular complexity index is 580. The average molecular weight is 274 g/mol. The molecule has 7 heteroatoms. The lowest BCUT2D eigenvalue weighted by Crippen LogP contribution is -2.42. The number of nitrogens with zero attached hydrogens (tertiary/aromatic N) is 3. The Morgan fingerprint density at radius 1 is 1.55 bits per heavy atom. The Hall–Kier alpha value is -2.28. The highest BCUT2D eigenvalue weighted by Gasteiger charge is 2.32. The van der Waals surface area contributed by atoms with Crippen LogP contribution in [0.1, 0.15) is 12.8 Å². The molecule has 1 aliphatic carbocycles. The van der Waals surface area contributed by atoms with Crippen LogP contribution in [0.15, 0.2) is 24.2 Å². The van der Waals surface area contributed by atoms with E-state index < -0.39 is 0 Å². The van der Waals surface area contributed by atoms with Gasteiger partial charge in [0.05, 0.1) is 17.9 Å². The minimum absolute atomic E-state index is 0.0306. The maximum Gasteiger partial charge on any atom is 0.228 e. The summed E-state index contributed by atoms with van der Waals surface area (Å²) in [4.78, 5) is 18.2. The van der Waals surface area contributed by atoms with E-state index in [1.165, 1.54) is 11.2 Å². The average Bonchev–Trinajstić information content (AvgIpc) is 3.27. The van der Waals surface area contributed by atoms with E-state index in [1.54, 1.807) is 12.3 Å². The van der Waals surface area contributed by atoms with Gasteiger partial charge in [-0.1, -0.05) is 0 Å². The molecule has 1 aromatic rings. The summed E-state index contributed by atoms with van der Waals surface area (Å²) in [5, 5.41) is 4.42. The number of hydrogen-bond donors (Lipinski definition) is 3. The molecule has 1 aromatic heterocycles. The molecule has 5 N–H and O–H groups in total. The Balaban J connectivity index is 1.97. The fourth-order valence-corrected chi connectivity index (χ4v) is 2.36. The van der Waals surface area contributed by atoms with Crippen molar-refractivity contribution in [2.24, 2.45) is 17.5 Å². The number of hydrazine groups is 1. The third-order valence-electron chi connectivity index (χ3n) is 3.63. The Morgan fingerprint density at radius 3 is 2.95 bits per heavy atom. The molecule has 106 valence electrons. The van der Waals surface area contributed by atoms with Gasteiger partial charge in [-0.3, -0.25) is 9.80 Å². The lowest BCUT2D eigenvalue weighted by Gasteiger charge is -2.36. The first kappa shape index (κ1) is 12.7. The standard InChI is InChI=1S/C13H18N6O/c1-18-7-9(6-14)19(15)10-4-5-16-12(11(10)18)17-13(20)8-2-3-8/h4-6,8H,2-3,7,14-15H2,1H3,(H,16,17,20)/b9-6-. The molecule has 1 amide bonds. The van der Waals surface area contributed by atoms with Crippen LogP contribution in [0.3, 0.4) is 0 Å². The number of hydrogen-bond acceptors (Lipinski definition) is 6. The van der Waals surface area contributed by atoms with Gasteiger partial charge >= 0.3 is 0 Å². The minimum atomic E-state index is 0.0306. The van der Waals surface area contributed by atoms with Crippen LogP contribution in [-0.4, -0.2) is 24.5 Å². The second-order valence-corrected chi connectivity index (χ2v) is 5.17. The number of fused-ring (bicyclic) bond motifs is 1. The summed E-state index contributed by atoms with van der Waals surface area (Å²) < 4.78 is 0. The maximum atomic E-state index is 11.9. The van der Waals surface area contributed by atoms with Gasteiger partial charge < -0.3 is 16.0 Å². The van der Waals surface area contributed by atoms with E-state index in [9.17, 15) is 4.79 Å². The zero-order chi connectivity index (χ0) is 14.3. The summed E-state index contributed by atoms with van der Waals surface area (Å²) >= 11 is 0. The van der Waals surface area contributed by atoms with Crippen molar-refractivity contribution < 1.29 is 4.79 Å². The minimum Gasteiger partial charge on any atom is -0.403 e. The SMILES string of the molecule is CN1C/C(=C/N)N(N)c2ccnc(NC(=O)C3CC3)c21. The molecule has 1 aliphatic heterocycles. The summed E-state index contributed by atoms with van der Waals surface area (Å²) in [6, 6.07) is 1.81. The smallest absolute Gasteiger partial charge is 0.228 e. The predicted molar refractivity (Wildman–Crippen MR) is 77.8 cm³/mol. The topological polar surface area (TPSA) is 101 Å². The van der Waals surface area contributed by atoms with E-state index in [2.05, 4.69) is 10.3 Å². The molecule has 1 saturated carbocycles. The van der Waals surface area contributed by atoms with Crippen molar-refractivity contribution in [1.82, 2.24) is 4.98 Å². The van der Waals surface area contributed by atoms with Gasteiger partial charge in [0.2, 0.25) is 5.91 Å². The zero-order valence-corrected chi connectivity index (χ0v) is 11.3. The number of pyridine rings is 1. The van der Waals surface area contributed by atoms with E-state index in [0.29, 0.717) is 12.4 Å². The lowest BCUT2D eigenvalue weighted by molar-refractivity contribution is -0.117. The van der Waals surface area contributed by atoms with E-state index >= 15 is 0 Å². The van der Waals surface area contributed by atoms with Gasteiger partial charge in [0, 0.05) is 25.4 Å². The number of likely N-dealkylation sites (N-methyl/N-ethyl adjacent to an activating group) is 1. The van der Waals surface area contributed by atoms with Crippen LogP contribution in [-0.2, 0) is 4.79 Å². The van der Waals surface area contributed by atoms with Gasteiger partial charge in [-0.25, -0.2) is 10.8 Å². The summed E-state index contributed by atoms with van der Waals surface area (Å²) in [5.74, 6) is 6.77. The number of nitrogens with two attached hydrogens (primary N) is 2. The normalized spacial score (nSPS) is 20.0. The molecule has 0 bridgehead atoms. The van der Waals surface area contributed by atoms with Gasteiger partial charge in [-0.2, -0.15) is 0 Å². The van der Waals surface area contributed by atoms with Crippen LogP contribution in [0.4, 0.5) is 17.2 Å². The van der Waals surface area contributed by atoms with Gasteiger partial charge in [0.1, 0.15) is 5.69 Å². The summed E-state index contributed by atoms with van der Waals surface area (Å²) in [5.41, 5.74) is 7.97. The largest absolute Gasteiger partial charge is 0.403 e. The molecular formula is C13H18N6O. The van der Waals surface area contributed by atoms with Crippen molar-refractivity contribution in [3.63, 3.8) is 0 Å². The number of amides is 1. The summed E-state index contributed by atoms with van der Waals surface area (Å²) in [6.07, 6.45) is 5.04. The third kappa shape index (κ3) is 2.05.